The number of nitrogens with one attached hydrogen (secondary N) is 1. The third-order valence-electron chi connectivity index (χ3n) is 4.83. The van der Waals surface area contributed by atoms with Gasteiger partial charge in [-0.1, -0.05) is 24.8 Å². The summed E-state index contributed by atoms with van der Waals surface area (Å²) in [7, 11) is 0. The fourth-order valence-corrected chi connectivity index (χ4v) is 3.30. The van der Waals surface area contributed by atoms with E-state index in [9.17, 15) is 26.3 Å². The van der Waals surface area contributed by atoms with E-state index in [4.69, 9.17) is 4.42 Å². The number of furan rings is 1. The van der Waals surface area contributed by atoms with Crippen LogP contribution in [-0.4, -0.2) is 9.78 Å². The molecule has 0 bridgehead atoms. The van der Waals surface area contributed by atoms with Gasteiger partial charge in [0.1, 0.15) is 0 Å². The number of benzene rings is 2. The molecule has 0 radical (unpaired) electrons. The highest BCUT2D eigenvalue weighted by Crippen LogP contribution is 2.38. The lowest BCUT2D eigenvalue weighted by Crippen LogP contribution is -2.10. The highest BCUT2D eigenvalue weighted by Gasteiger charge is 2.35. The van der Waals surface area contributed by atoms with E-state index < -0.39 is 23.5 Å². The number of para-hydroxylation sites is 1. The third-order valence-corrected chi connectivity index (χ3v) is 4.83. The van der Waals surface area contributed by atoms with Gasteiger partial charge in [0.15, 0.2) is 5.82 Å². The summed E-state index contributed by atoms with van der Waals surface area (Å²) in [6.07, 6.45) is -6.33. The molecule has 0 amide bonds. The first-order valence-electron chi connectivity index (χ1n) is 9.25. The van der Waals surface area contributed by atoms with Crippen LogP contribution in [0.3, 0.4) is 0 Å². The molecular formula is C22H15F6N3O. The molecule has 32 heavy (non-hydrogen) atoms. The smallest absolute Gasteiger partial charge is 0.418 e. The molecule has 0 aliphatic rings. The maximum Gasteiger partial charge on any atom is 0.418 e. The summed E-state index contributed by atoms with van der Waals surface area (Å²) < 4.78 is 85.6. The predicted molar refractivity (Wildman–Crippen MR) is 107 cm³/mol. The fraction of sp³-hybridized carbons (Fsp3) is 0.136. The molecule has 0 spiro atoms. The monoisotopic (exact) mass is 451 g/mol. The van der Waals surface area contributed by atoms with Crippen molar-refractivity contribution in [3.63, 3.8) is 0 Å². The van der Waals surface area contributed by atoms with Crippen molar-refractivity contribution in [3.8, 4) is 0 Å². The molecule has 2 heterocycles. The highest BCUT2D eigenvalue weighted by atomic mass is 19.4. The molecule has 0 saturated heterocycles. The van der Waals surface area contributed by atoms with E-state index in [1.54, 1.807) is 6.07 Å². The van der Waals surface area contributed by atoms with Crippen LogP contribution in [0.1, 0.15) is 22.3 Å². The molecule has 4 rings (SSSR count). The average Bonchev–Trinajstić information content (AvgIpc) is 3.36. The Hall–Kier alpha value is -3.69. The Balaban J connectivity index is 1.77. The molecule has 2 aromatic carbocycles. The van der Waals surface area contributed by atoms with Crippen molar-refractivity contribution in [2.45, 2.75) is 18.9 Å². The van der Waals surface area contributed by atoms with Crippen LogP contribution in [0.5, 0.6) is 0 Å². The molecule has 0 aliphatic carbocycles. The zero-order chi connectivity index (χ0) is 23.1. The van der Waals surface area contributed by atoms with E-state index in [0.717, 1.165) is 22.9 Å². The van der Waals surface area contributed by atoms with Gasteiger partial charge >= 0.3 is 12.4 Å². The number of alkyl halides is 6. The lowest BCUT2D eigenvalue weighted by Gasteiger charge is -2.12. The predicted octanol–water partition coefficient (Wildman–Crippen LogP) is 6.80. The molecule has 4 nitrogen and oxygen atoms in total. The maximum absolute atomic E-state index is 13.7. The second-order valence-electron chi connectivity index (χ2n) is 7.02. The number of hydrogen-bond donors (Lipinski definition) is 1. The maximum atomic E-state index is 13.7. The summed E-state index contributed by atoms with van der Waals surface area (Å²) >= 11 is 0. The highest BCUT2D eigenvalue weighted by molar-refractivity contribution is 5.96. The van der Waals surface area contributed by atoms with Crippen molar-refractivity contribution >= 4 is 22.4 Å². The minimum absolute atomic E-state index is 0.129. The van der Waals surface area contributed by atoms with Crippen molar-refractivity contribution < 1.29 is 30.8 Å². The van der Waals surface area contributed by atoms with Crippen LogP contribution < -0.4 is 5.32 Å². The van der Waals surface area contributed by atoms with Gasteiger partial charge in [0.25, 0.3) is 0 Å². The normalized spacial score (nSPS) is 12.3. The van der Waals surface area contributed by atoms with Crippen molar-refractivity contribution in [2.75, 3.05) is 5.32 Å². The molecule has 166 valence electrons. The molecule has 10 heteroatoms. The number of rotatable bonds is 5. The van der Waals surface area contributed by atoms with Crippen LogP contribution in [0.2, 0.25) is 0 Å². The van der Waals surface area contributed by atoms with Gasteiger partial charge in [-0.2, -0.15) is 31.4 Å². The van der Waals surface area contributed by atoms with E-state index in [2.05, 4.69) is 17.0 Å². The summed E-state index contributed by atoms with van der Waals surface area (Å²) in [6, 6.07) is 9.48. The first kappa shape index (κ1) is 21.5. The van der Waals surface area contributed by atoms with Crippen molar-refractivity contribution in [1.82, 2.24) is 9.78 Å². The number of anilines is 1. The van der Waals surface area contributed by atoms with Crippen molar-refractivity contribution in [1.29, 1.82) is 0 Å². The summed E-state index contributed by atoms with van der Waals surface area (Å²) in [5.74, 6) is 0.129. The Morgan fingerprint density at radius 2 is 1.69 bits per heavy atom. The van der Waals surface area contributed by atoms with Gasteiger partial charge in [0.2, 0.25) is 0 Å². The van der Waals surface area contributed by atoms with E-state index in [1.807, 2.05) is 0 Å². The SMILES string of the molecule is C=C(Nc1nn(Cc2ccc(C(F)(F)F)cc2)c2c(C(F)(F)F)cccc12)c1ccoc1. The Bertz CT molecular complexity index is 1250. The van der Waals surface area contributed by atoms with Crippen LogP contribution in [0.25, 0.3) is 16.6 Å². The van der Waals surface area contributed by atoms with Gasteiger partial charge < -0.3 is 9.73 Å². The number of halogens is 6. The lowest BCUT2D eigenvalue weighted by molar-refractivity contribution is -0.138. The van der Waals surface area contributed by atoms with Crippen LogP contribution in [0.15, 0.2) is 72.1 Å². The van der Waals surface area contributed by atoms with E-state index in [-0.39, 0.29) is 23.3 Å². The number of fused-ring (bicyclic) bond motifs is 1. The van der Waals surface area contributed by atoms with E-state index in [0.29, 0.717) is 16.8 Å². The van der Waals surface area contributed by atoms with Gasteiger partial charge in [-0.3, -0.25) is 4.68 Å². The molecule has 2 aromatic heterocycles. The average molecular weight is 451 g/mol. The number of hydrogen-bond acceptors (Lipinski definition) is 3. The number of aromatic nitrogens is 2. The van der Waals surface area contributed by atoms with Gasteiger partial charge in [0, 0.05) is 16.6 Å². The first-order valence-corrected chi connectivity index (χ1v) is 9.25. The van der Waals surface area contributed by atoms with E-state index >= 15 is 0 Å². The van der Waals surface area contributed by atoms with Crippen molar-refractivity contribution in [2.24, 2.45) is 0 Å². The van der Waals surface area contributed by atoms with Crippen LogP contribution in [0, 0.1) is 0 Å². The lowest BCUT2D eigenvalue weighted by atomic mass is 10.1. The van der Waals surface area contributed by atoms with Gasteiger partial charge in [-0.15, -0.1) is 0 Å². The molecule has 0 fully saturated rings. The molecular weight excluding hydrogens is 436 g/mol. The molecule has 0 saturated carbocycles. The zero-order valence-electron chi connectivity index (χ0n) is 16.3. The Labute approximate surface area is 177 Å². The third kappa shape index (κ3) is 4.20. The Morgan fingerprint density at radius 1 is 0.969 bits per heavy atom. The fourth-order valence-electron chi connectivity index (χ4n) is 3.30. The van der Waals surface area contributed by atoms with Gasteiger partial charge in [0.05, 0.1) is 35.7 Å². The summed E-state index contributed by atoms with van der Waals surface area (Å²) in [4.78, 5) is 0. The standard InChI is InChI=1S/C22H15F6N3O/c1-13(15-9-10-32-12-15)29-20-17-3-2-4-18(22(26,27)28)19(17)31(30-20)11-14-5-7-16(8-6-14)21(23,24)25/h2-10,12H,1,11H2,(H,29,30). The largest absolute Gasteiger partial charge is 0.472 e. The van der Waals surface area contributed by atoms with Crippen LogP contribution in [-0.2, 0) is 18.9 Å². The quantitative estimate of drug-likeness (QED) is 0.340. The Morgan fingerprint density at radius 3 is 2.28 bits per heavy atom. The number of nitrogens with zero attached hydrogens (tertiary/aromatic N) is 2. The van der Waals surface area contributed by atoms with Gasteiger partial charge in [-0.05, 0) is 35.9 Å². The summed E-state index contributed by atoms with van der Waals surface area (Å²) in [5.41, 5.74) is -0.639. The second kappa shape index (κ2) is 7.77. The zero-order valence-corrected chi connectivity index (χ0v) is 16.3. The molecule has 0 unspecified atom stereocenters. The van der Waals surface area contributed by atoms with E-state index in [1.165, 1.54) is 36.8 Å². The molecule has 0 aliphatic heterocycles. The Kier molecular flexibility index (Phi) is 5.23. The summed E-state index contributed by atoms with van der Waals surface area (Å²) in [5, 5.41) is 7.36. The minimum atomic E-state index is -4.66. The van der Waals surface area contributed by atoms with Crippen molar-refractivity contribution in [3.05, 3.63) is 89.9 Å². The molecule has 0 atom stereocenters. The summed E-state index contributed by atoms with van der Waals surface area (Å²) in [6.45, 7) is 3.68. The second-order valence-corrected chi connectivity index (χ2v) is 7.02. The first-order chi connectivity index (χ1) is 15.0. The van der Waals surface area contributed by atoms with Crippen LogP contribution >= 0.6 is 0 Å². The van der Waals surface area contributed by atoms with Gasteiger partial charge in [-0.25, -0.2) is 0 Å². The molecule has 4 aromatic rings. The van der Waals surface area contributed by atoms with Crippen LogP contribution in [0.4, 0.5) is 32.2 Å². The minimum Gasteiger partial charge on any atom is -0.472 e. The topological polar surface area (TPSA) is 43.0 Å². The molecule has 1 N–H and O–H groups in total.